The molecule has 2 aliphatic rings. The van der Waals surface area contributed by atoms with E-state index in [1.807, 2.05) is 11.8 Å². The maximum atomic E-state index is 5.18. The van der Waals surface area contributed by atoms with Gasteiger partial charge in [0.25, 0.3) is 0 Å². The molecule has 0 N–H and O–H groups in total. The Bertz CT molecular complexity index is 269. The molecule has 0 saturated carbocycles. The van der Waals surface area contributed by atoms with Gasteiger partial charge in [-0.05, 0) is 42.6 Å². The quantitative estimate of drug-likeness (QED) is 0.682. The monoisotopic (exact) mass is 304 g/mol. The second-order valence-corrected chi connectivity index (χ2v) is 7.85. The molecule has 2 aliphatic heterocycles. The number of hydrogen-bond donors (Lipinski definition) is 0. The minimum absolute atomic E-state index is 0.542. The zero-order valence-corrected chi connectivity index (χ0v) is 14.2. The van der Waals surface area contributed by atoms with Crippen LogP contribution in [0.4, 0.5) is 0 Å². The summed E-state index contributed by atoms with van der Waals surface area (Å²) >= 11 is 12.0. The third-order valence-corrected chi connectivity index (χ3v) is 5.67. The lowest BCUT2D eigenvalue weighted by atomic mass is 9.96. The Morgan fingerprint density at radius 3 is 1.89 bits per heavy atom. The average molecular weight is 305 g/mol. The van der Waals surface area contributed by atoms with Crippen LogP contribution in [0, 0.1) is 23.7 Å². The van der Waals surface area contributed by atoms with E-state index in [0.29, 0.717) is 11.8 Å². The Morgan fingerprint density at radius 2 is 1.67 bits per heavy atom. The summed E-state index contributed by atoms with van der Waals surface area (Å²) in [6, 6.07) is 0. The first-order valence-electron chi connectivity index (χ1n) is 6.76. The van der Waals surface area contributed by atoms with E-state index in [4.69, 9.17) is 29.2 Å². The zero-order valence-electron chi connectivity index (χ0n) is 11.8. The summed E-state index contributed by atoms with van der Waals surface area (Å²) in [6.07, 6.45) is 2.43. The van der Waals surface area contributed by atoms with Crippen LogP contribution in [-0.2, 0) is 4.74 Å². The van der Waals surface area contributed by atoms with Gasteiger partial charge in [0.1, 0.15) is 0 Å². The van der Waals surface area contributed by atoms with E-state index >= 15 is 0 Å². The SMILES string of the molecule is CC(C)C1CCOC1=S.CC(C)C1CCSC1=S. The highest BCUT2D eigenvalue weighted by atomic mass is 32.2. The van der Waals surface area contributed by atoms with Crippen molar-refractivity contribution >= 4 is 45.4 Å². The van der Waals surface area contributed by atoms with Gasteiger partial charge in [0.15, 0.2) is 5.05 Å². The second kappa shape index (κ2) is 7.81. The van der Waals surface area contributed by atoms with E-state index in [1.54, 1.807) is 0 Å². The van der Waals surface area contributed by atoms with E-state index in [1.165, 1.54) is 16.4 Å². The highest BCUT2D eigenvalue weighted by Gasteiger charge is 2.25. The first-order valence-corrected chi connectivity index (χ1v) is 8.57. The molecule has 1 nitrogen and oxygen atoms in total. The van der Waals surface area contributed by atoms with Crippen LogP contribution >= 0.6 is 36.2 Å². The van der Waals surface area contributed by atoms with Crippen molar-refractivity contribution in [2.75, 3.05) is 12.4 Å². The van der Waals surface area contributed by atoms with Crippen molar-refractivity contribution in [2.45, 2.75) is 40.5 Å². The maximum Gasteiger partial charge on any atom is 0.163 e. The summed E-state index contributed by atoms with van der Waals surface area (Å²) in [5.41, 5.74) is 0. The summed E-state index contributed by atoms with van der Waals surface area (Å²) in [5, 5.41) is 0.824. The molecule has 0 aromatic carbocycles. The molecule has 0 amide bonds. The standard InChI is InChI=1S/C7H12OS.C7H12S2/c1-5(2)6-3-4-8-7(6)9;1-5(2)6-3-4-9-7(6)8/h2*5-6H,3-4H2,1-2H3. The van der Waals surface area contributed by atoms with Crippen molar-refractivity contribution in [3.63, 3.8) is 0 Å². The van der Waals surface area contributed by atoms with Crippen LogP contribution in [0.15, 0.2) is 0 Å². The third kappa shape index (κ3) is 4.78. The van der Waals surface area contributed by atoms with Crippen LogP contribution in [0.1, 0.15) is 40.5 Å². The minimum atomic E-state index is 0.542. The number of ether oxygens (including phenoxy) is 1. The first kappa shape index (κ1) is 16.4. The van der Waals surface area contributed by atoms with Crippen molar-refractivity contribution in [1.82, 2.24) is 0 Å². The van der Waals surface area contributed by atoms with E-state index in [-0.39, 0.29) is 0 Å². The molecule has 18 heavy (non-hydrogen) atoms. The summed E-state index contributed by atoms with van der Waals surface area (Å²) in [7, 11) is 0. The Balaban J connectivity index is 0.000000180. The van der Waals surface area contributed by atoms with Gasteiger partial charge in [-0.1, -0.05) is 39.9 Å². The van der Waals surface area contributed by atoms with Crippen LogP contribution in [0.5, 0.6) is 0 Å². The molecule has 4 heteroatoms. The fourth-order valence-corrected chi connectivity index (χ4v) is 4.52. The van der Waals surface area contributed by atoms with E-state index in [9.17, 15) is 0 Å². The van der Waals surface area contributed by atoms with Crippen LogP contribution in [-0.4, -0.2) is 21.6 Å². The molecular formula is C14H24OS3. The molecule has 104 valence electrons. The average Bonchev–Trinajstić information content (AvgIpc) is 2.87. The lowest BCUT2D eigenvalue weighted by Gasteiger charge is -2.11. The lowest BCUT2D eigenvalue weighted by molar-refractivity contribution is 0.351. The lowest BCUT2D eigenvalue weighted by Crippen LogP contribution is -2.11. The molecule has 0 aromatic heterocycles. The predicted octanol–water partition coefficient (Wildman–Crippen LogP) is 4.73. The van der Waals surface area contributed by atoms with Crippen LogP contribution in [0.3, 0.4) is 0 Å². The smallest absolute Gasteiger partial charge is 0.163 e. The number of thioether (sulfide) groups is 1. The normalized spacial score (nSPS) is 27.4. The summed E-state index contributed by atoms with van der Waals surface area (Å²) in [5.74, 6) is 3.93. The maximum absolute atomic E-state index is 5.18. The molecular weight excluding hydrogens is 280 g/mol. The van der Waals surface area contributed by atoms with E-state index in [0.717, 1.165) is 29.9 Å². The van der Waals surface area contributed by atoms with Crippen LogP contribution in [0.2, 0.25) is 0 Å². The second-order valence-electron chi connectivity index (χ2n) is 5.61. The Hall–Kier alpha value is 0.330. The molecule has 2 unspecified atom stereocenters. The van der Waals surface area contributed by atoms with E-state index < -0.39 is 0 Å². The van der Waals surface area contributed by atoms with Gasteiger partial charge in [-0.25, -0.2) is 0 Å². The molecule has 0 spiro atoms. The third-order valence-electron chi connectivity index (χ3n) is 3.56. The van der Waals surface area contributed by atoms with Crippen molar-refractivity contribution < 1.29 is 4.74 Å². The number of thiocarbonyl (C=S) groups is 2. The minimum Gasteiger partial charge on any atom is -0.487 e. The summed E-state index contributed by atoms with van der Waals surface area (Å²) < 4.78 is 6.40. The first-order chi connectivity index (χ1) is 8.43. The van der Waals surface area contributed by atoms with Gasteiger partial charge >= 0.3 is 0 Å². The molecule has 0 radical (unpaired) electrons. The fourth-order valence-electron chi connectivity index (χ4n) is 2.23. The fraction of sp³-hybridized carbons (Fsp3) is 0.857. The Labute approximate surface area is 126 Å². The van der Waals surface area contributed by atoms with Gasteiger partial charge in [-0.15, -0.1) is 11.8 Å². The Morgan fingerprint density at radius 1 is 1.06 bits per heavy atom. The molecule has 0 bridgehead atoms. The van der Waals surface area contributed by atoms with Gasteiger partial charge < -0.3 is 4.74 Å². The predicted molar refractivity (Wildman–Crippen MR) is 89.5 cm³/mol. The summed E-state index contributed by atoms with van der Waals surface area (Å²) in [6.45, 7) is 9.71. The van der Waals surface area contributed by atoms with Crippen molar-refractivity contribution in [3.05, 3.63) is 0 Å². The highest BCUT2D eigenvalue weighted by Crippen LogP contribution is 2.32. The zero-order chi connectivity index (χ0) is 13.7. The van der Waals surface area contributed by atoms with E-state index in [2.05, 4.69) is 27.7 Å². The molecule has 2 rings (SSSR count). The number of hydrogen-bond acceptors (Lipinski definition) is 4. The van der Waals surface area contributed by atoms with Gasteiger partial charge in [0.05, 0.1) is 10.8 Å². The topological polar surface area (TPSA) is 9.23 Å². The summed E-state index contributed by atoms with van der Waals surface area (Å²) in [4.78, 5) is 0. The van der Waals surface area contributed by atoms with Gasteiger partial charge in [0.2, 0.25) is 0 Å². The van der Waals surface area contributed by atoms with Gasteiger partial charge in [0, 0.05) is 11.8 Å². The van der Waals surface area contributed by atoms with Crippen molar-refractivity contribution in [3.8, 4) is 0 Å². The van der Waals surface area contributed by atoms with Gasteiger partial charge in [-0.3, -0.25) is 0 Å². The Kier molecular flexibility index (Phi) is 7.11. The number of rotatable bonds is 2. The van der Waals surface area contributed by atoms with Crippen molar-refractivity contribution in [2.24, 2.45) is 23.7 Å². The van der Waals surface area contributed by atoms with Crippen molar-refractivity contribution in [1.29, 1.82) is 0 Å². The molecule has 2 fully saturated rings. The van der Waals surface area contributed by atoms with Gasteiger partial charge in [-0.2, -0.15) is 0 Å². The molecule has 2 heterocycles. The molecule has 2 saturated heterocycles. The largest absolute Gasteiger partial charge is 0.487 e. The molecule has 0 aromatic rings. The molecule has 2 atom stereocenters. The van der Waals surface area contributed by atoms with Crippen LogP contribution in [0.25, 0.3) is 0 Å². The highest BCUT2D eigenvalue weighted by molar-refractivity contribution is 8.23. The van der Waals surface area contributed by atoms with Crippen LogP contribution < -0.4 is 0 Å². The molecule has 0 aliphatic carbocycles.